The van der Waals surface area contributed by atoms with Crippen LogP contribution in [0, 0.1) is 0 Å². The molecule has 0 unspecified atom stereocenters. The van der Waals surface area contributed by atoms with E-state index in [9.17, 15) is 8.42 Å². The van der Waals surface area contributed by atoms with E-state index < -0.39 is 10.0 Å². The molecule has 2 aromatic rings. The Kier molecular flexibility index (Phi) is 5.32. The number of nitrogens with two attached hydrogens (primary N) is 1. The van der Waals surface area contributed by atoms with Gasteiger partial charge in [0.2, 0.25) is 0 Å². The lowest BCUT2D eigenvalue weighted by atomic mass is 10.2. The molecule has 2 rings (SSSR count). The van der Waals surface area contributed by atoms with Crippen molar-refractivity contribution in [3.05, 3.63) is 55.9 Å². The zero-order valence-electron chi connectivity index (χ0n) is 10.6. The standard InChI is InChI=1S/C13H11Br2ClN2O2S/c14-9-2-4-11(15)13(5-9)18-21(19,20)10-3-1-8(7-17)12(16)6-10/h1-6,18H,7,17H2. The van der Waals surface area contributed by atoms with Crippen LogP contribution in [0.3, 0.4) is 0 Å². The number of benzene rings is 2. The van der Waals surface area contributed by atoms with Gasteiger partial charge in [-0.3, -0.25) is 4.72 Å². The molecule has 3 N–H and O–H groups in total. The van der Waals surface area contributed by atoms with Crippen LogP contribution >= 0.6 is 43.5 Å². The average Bonchev–Trinajstić information content (AvgIpc) is 2.42. The largest absolute Gasteiger partial charge is 0.326 e. The van der Waals surface area contributed by atoms with Crippen LogP contribution in [-0.2, 0) is 16.6 Å². The van der Waals surface area contributed by atoms with Crippen LogP contribution in [0.5, 0.6) is 0 Å². The van der Waals surface area contributed by atoms with Gasteiger partial charge in [-0.25, -0.2) is 8.42 Å². The molecule has 21 heavy (non-hydrogen) atoms. The molecule has 0 aromatic heterocycles. The maximum atomic E-state index is 12.4. The van der Waals surface area contributed by atoms with E-state index >= 15 is 0 Å². The summed E-state index contributed by atoms with van der Waals surface area (Å²) in [6.07, 6.45) is 0. The minimum Gasteiger partial charge on any atom is -0.326 e. The maximum absolute atomic E-state index is 12.4. The molecule has 0 fully saturated rings. The zero-order valence-corrected chi connectivity index (χ0v) is 15.4. The Balaban J connectivity index is 2.38. The van der Waals surface area contributed by atoms with Crippen LogP contribution in [-0.4, -0.2) is 8.42 Å². The number of halogens is 3. The molecular weight excluding hydrogens is 443 g/mol. The SMILES string of the molecule is NCc1ccc(S(=O)(=O)Nc2cc(Br)ccc2Br)cc1Cl. The first-order valence-electron chi connectivity index (χ1n) is 5.80. The molecule has 0 bridgehead atoms. The second-order valence-electron chi connectivity index (χ2n) is 4.19. The summed E-state index contributed by atoms with van der Waals surface area (Å²) in [7, 11) is -3.73. The average molecular weight is 455 g/mol. The zero-order chi connectivity index (χ0) is 15.6. The highest BCUT2D eigenvalue weighted by Crippen LogP contribution is 2.29. The van der Waals surface area contributed by atoms with Crippen molar-refractivity contribution >= 4 is 59.2 Å². The number of rotatable bonds is 4. The monoisotopic (exact) mass is 452 g/mol. The van der Waals surface area contributed by atoms with Gasteiger partial charge in [-0.2, -0.15) is 0 Å². The summed E-state index contributed by atoms with van der Waals surface area (Å²) in [5.74, 6) is 0. The van der Waals surface area contributed by atoms with Gasteiger partial charge in [0.1, 0.15) is 0 Å². The van der Waals surface area contributed by atoms with Gasteiger partial charge in [-0.15, -0.1) is 0 Å². The molecule has 0 saturated heterocycles. The van der Waals surface area contributed by atoms with Crippen LogP contribution in [0.1, 0.15) is 5.56 Å². The lowest BCUT2D eigenvalue weighted by Gasteiger charge is -2.11. The predicted octanol–water partition coefficient (Wildman–Crippen LogP) is 4.12. The van der Waals surface area contributed by atoms with Gasteiger partial charge in [-0.05, 0) is 51.8 Å². The fourth-order valence-corrected chi connectivity index (χ4v) is 3.90. The lowest BCUT2D eigenvalue weighted by molar-refractivity contribution is 0.601. The molecule has 0 atom stereocenters. The number of anilines is 1. The third kappa shape index (κ3) is 3.98. The third-order valence-corrected chi connectivity index (χ3v) is 5.63. The lowest BCUT2D eigenvalue weighted by Crippen LogP contribution is -2.13. The van der Waals surface area contributed by atoms with E-state index in [1.54, 1.807) is 24.3 Å². The fourth-order valence-electron chi connectivity index (χ4n) is 1.64. The van der Waals surface area contributed by atoms with Gasteiger partial charge < -0.3 is 5.73 Å². The molecular formula is C13H11Br2ClN2O2S. The molecule has 0 heterocycles. The molecule has 4 nitrogen and oxygen atoms in total. The Bertz CT molecular complexity index is 782. The van der Waals surface area contributed by atoms with E-state index in [0.717, 1.165) is 4.47 Å². The molecule has 0 radical (unpaired) electrons. The van der Waals surface area contributed by atoms with Gasteiger partial charge in [0, 0.05) is 20.5 Å². The minimum atomic E-state index is -3.73. The Morgan fingerprint density at radius 3 is 2.48 bits per heavy atom. The van der Waals surface area contributed by atoms with E-state index in [-0.39, 0.29) is 11.4 Å². The van der Waals surface area contributed by atoms with Crippen molar-refractivity contribution in [2.75, 3.05) is 4.72 Å². The van der Waals surface area contributed by atoms with Crippen molar-refractivity contribution in [3.8, 4) is 0 Å². The van der Waals surface area contributed by atoms with Crippen molar-refractivity contribution in [2.45, 2.75) is 11.4 Å². The van der Waals surface area contributed by atoms with Gasteiger partial charge in [0.25, 0.3) is 10.0 Å². The van der Waals surface area contributed by atoms with E-state index in [0.29, 0.717) is 20.7 Å². The quantitative estimate of drug-likeness (QED) is 0.730. The van der Waals surface area contributed by atoms with Crippen LogP contribution in [0.15, 0.2) is 50.2 Å². The summed E-state index contributed by atoms with van der Waals surface area (Å²) in [5, 5.41) is 0.327. The summed E-state index contributed by atoms with van der Waals surface area (Å²) in [5.41, 5.74) is 6.64. The topological polar surface area (TPSA) is 72.2 Å². The van der Waals surface area contributed by atoms with Gasteiger partial charge in [-0.1, -0.05) is 33.6 Å². The van der Waals surface area contributed by atoms with Crippen LogP contribution in [0.2, 0.25) is 5.02 Å². The summed E-state index contributed by atoms with van der Waals surface area (Å²) in [6, 6.07) is 9.67. The van der Waals surface area contributed by atoms with E-state index in [1.807, 2.05) is 0 Å². The molecule has 0 aliphatic carbocycles. The fraction of sp³-hybridized carbons (Fsp3) is 0.0769. The van der Waals surface area contributed by atoms with Crippen molar-refractivity contribution in [1.82, 2.24) is 0 Å². The van der Waals surface area contributed by atoms with Crippen molar-refractivity contribution in [3.63, 3.8) is 0 Å². The molecule has 0 spiro atoms. The van der Waals surface area contributed by atoms with Crippen molar-refractivity contribution in [1.29, 1.82) is 0 Å². The molecule has 0 aliphatic rings. The highest BCUT2D eigenvalue weighted by atomic mass is 79.9. The Morgan fingerprint density at radius 1 is 1.14 bits per heavy atom. The first-order chi connectivity index (χ1) is 9.83. The highest BCUT2D eigenvalue weighted by Gasteiger charge is 2.17. The molecule has 0 saturated carbocycles. The normalized spacial score (nSPS) is 11.4. The smallest absolute Gasteiger partial charge is 0.261 e. The number of hydrogen-bond donors (Lipinski definition) is 2. The Labute approximate surface area is 145 Å². The summed E-state index contributed by atoms with van der Waals surface area (Å²) in [6.45, 7) is 0.254. The van der Waals surface area contributed by atoms with Gasteiger partial charge in [0.15, 0.2) is 0 Å². The first-order valence-corrected chi connectivity index (χ1v) is 9.24. The Hall–Kier alpha value is -0.600. The summed E-state index contributed by atoms with van der Waals surface area (Å²) < 4.78 is 28.7. The van der Waals surface area contributed by atoms with Gasteiger partial charge in [0.05, 0.1) is 10.6 Å². The first kappa shape index (κ1) is 16.8. The summed E-state index contributed by atoms with van der Waals surface area (Å²) >= 11 is 12.6. The van der Waals surface area contributed by atoms with E-state index in [1.165, 1.54) is 12.1 Å². The molecule has 2 aromatic carbocycles. The van der Waals surface area contributed by atoms with E-state index in [2.05, 4.69) is 36.6 Å². The van der Waals surface area contributed by atoms with Crippen LogP contribution in [0.4, 0.5) is 5.69 Å². The third-order valence-electron chi connectivity index (χ3n) is 2.73. The highest BCUT2D eigenvalue weighted by molar-refractivity contribution is 9.11. The number of nitrogens with one attached hydrogen (secondary N) is 1. The van der Waals surface area contributed by atoms with Crippen molar-refractivity contribution < 1.29 is 8.42 Å². The predicted molar refractivity (Wildman–Crippen MR) is 92.0 cm³/mol. The summed E-state index contributed by atoms with van der Waals surface area (Å²) in [4.78, 5) is 0.0802. The molecule has 0 aliphatic heterocycles. The van der Waals surface area contributed by atoms with Crippen LogP contribution < -0.4 is 10.5 Å². The second-order valence-corrected chi connectivity index (χ2v) is 8.05. The second kappa shape index (κ2) is 6.66. The van der Waals surface area contributed by atoms with E-state index in [4.69, 9.17) is 17.3 Å². The number of sulfonamides is 1. The van der Waals surface area contributed by atoms with Crippen molar-refractivity contribution in [2.24, 2.45) is 5.73 Å². The molecule has 0 amide bonds. The van der Waals surface area contributed by atoms with Gasteiger partial charge >= 0.3 is 0 Å². The van der Waals surface area contributed by atoms with Crippen LogP contribution in [0.25, 0.3) is 0 Å². The number of hydrogen-bond acceptors (Lipinski definition) is 3. The molecule has 112 valence electrons. The molecule has 8 heteroatoms. The Morgan fingerprint density at radius 2 is 1.86 bits per heavy atom. The minimum absolute atomic E-state index is 0.0802. The maximum Gasteiger partial charge on any atom is 0.261 e.